The molecular weight excluding hydrogens is 526 g/mol. The minimum Gasteiger partial charge on any atom is -0.490 e. The van der Waals surface area contributed by atoms with E-state index in [9.17, 15) is 19.2 Å². The number of nitrogens with zero attached hydrogens (tertiary/aromatic N) is 1. The smallest absolute Gasteiger partial charge is 0.370 e. The number of carboxylic acids is 1. The molecular formula is C24H28BrNO7S. The molecule has 10 heteroatoms. The highest BCUT2D eigenvalue weighted by molar-refractivity contribution is 9.10. The third-order valence-electron chi connectivity index (χ3n) is 5.77. The summed E-state index contributed by atoms with van der Waals surface area (Å²) in [5.74, 6) is -2.98. The first kappa shape index (κ1) is 26.3. The van der Waals surface area contributed by atoms with Gasteiger partial charge in [0, 0.05) is 26.1 Å². The van der Waals surface area contributed by atoms with Crippen LogP contribution in [0.5, 0.6) is 0 Å². The number of rotatable bonds is 9. The first-order chi connectivity index (χ1) is 15.9. The van der Waals surface area contributed by atoms with Crippen molar-refractivity contribution in [3.63, 3.8) is 0 Å². The Balaban J connectivity index is 1.72. The summed E-state index contributed by atoms with van der Waals surface area (Å²) in [6.07, 6.45) is 2.20. The number of amides is 1. The molecule has 8 nitrogen and oxygen atoms in total. The summed E-state index contributed by atoms with van der Waals surface area (Å²) in [7, 11) is 1.27. The molecule has 2 fully saturated rings. The summed E-state index contributed by atoms with van der Waals surface area (Å²) in [5.41, 5.74) is 0.431. The van der Waals surface area contributed by atoms with Crippen molar-refractivity contribution in [1.82, 2.24) is 4.90 Å². The lowest BCUT2D eigenvalue weighted by Gasteiger charge is -2.44. The standard InChI is InChI=1S/C24H28BrNO7S/c1-24(2,3)34-19-11-16-15(9-10-18(32-4)22(29)30)21(28)26(16)20(19)23(31)33-12-17(27)13-5-7-14(25)8-6-13/h5-8,10,15-16,19-20H,9,11-12H2,1-4H3,(H,29,30). The van der Waals surface area contributed by atoms with Crippen LogP contribution in [0.3, 0.4) is 0 Å². The minimum atomic E-state index is -1.20. The maximum Gasteiger partial charge on any atom is 0.370 e. The second kappa shape index (κ2) is 10.5. The third-order valence-corrected chi connectivity index (χ3v) is 7.75. The molecule has 0 bridgehead atoms. The van der Waals surface area contributed by atoms with Crippen LogP contribution in [0.15, 0.2) is 40.6 Å². The van der Waals surface area contributed by atoms with E-state index < -0.39 is 30.5 Å². The second-order valence-corrected chi connectivity index (χ2v) is 12.2. The third kappa shape index (κ3) is 5.83. The van der Waals surface area contributed by atoms with Crippen molar-refractivity contribution in [2.45, 2.75) is 55.7 Å². The Morgan fingerprint density at radius 2 is 1.88 bits per heavy atom. The number of carbonyl (C=O) groups excluding carboxylic acids is 3. The molecule has 184 valence electrons. The Kier molecular flexibility index (Phi) is 8.13. The number of carbonyl (C=O) groups is 4. The van der Waals surface area contributed by atoms with Gasteiger partial charge in [0.15, 0.2) is 18.1 Å². The summed E-state index contributed by atoms with van der Waals surface area (Å²) in [6, 6.07) is 5.77. The number of esters is 1. The van der Waals surface area contributed by atoms with Crippen LogP contribution in [0.1, 0.15) is 44.0 Å². The van der Waals surface area contributed by atoms with Crippen LogP contribution in [0.4, 0.5) is 0 Å². The largest absolute Gasteiger partial charge is 0.490 e. The van der Waals surface area contributed by atoms with Gasteiger partial charge in [0.05, 0.1) is 13.0 Å². The van der Waals surface area contributed by atoms with Gasteiger partial charge in [-0.15, -0.1) is 11.8 Å². The first-order valence-electron chi connectivity index (χ1n) is 10.9. The van der Waals surface area contributed by atoms with Crippen molar-refractivity contribution in [1.29, 1.82) is 0 Å². The van der Waals surface area contributed by atoms with E-state index in [0.29, 0.717) is 12.0 Å². The highest BCUT2D eigenvalue weighted by Crippen LogP contribution is 2.48. The summed E-state index contributed by atoms with van der Waals surface area (Å²) in [5, 5.41) is 8.94. The Morgan fingerprint density at radius 3 is 2.44 bits per heavy atom. The van der Waals surface area contributed by atoms with Crippen molar-refractivity contribution >= 4 is 51.3 Å². The second-order valence-electron chi connectivity index (χ2n) is 9.22. The number of hydrogen-bond donors (Lipinski definition) is 1. The summed E-state index contributed by atoms with van der Waals surface area (Å²) >= 11 is 4.91. The maximum absolute atomic E-state index is 13.1. The lowest BCUT2D eigenvalue weighted by Crippen LogP contribution is -2.62. The van der Waals surface area contributed by atoms with Gasteiger partial charge in [-0.2, -0.15) is 0 Å². The predicted molar refractivity (Wildman–Crippen MR) is 130 cm³/mol. The molecule has 1 amide bonds. The number of thioether (sulfide) groups is 1. The number of aliphatic carboxylic acids is 1. The van der Waals surface area contributed by atoms with E-state index >= 15 is 0 Å². The van der Waals surface area contributed by atoms with Gasteiger partial charge >= 0.3 is 11.9 Å². The maximum atomic E-state index is 13.1. The van der Waals surface area contributed by atoms with Gasteiger partial charge in [-0.1, -0.05) is 48.8 Å². The van der Waals surface area contributed by atoms with Crippen LogP contribution in [0.25, 0.3) is 0 Å². The molecule has 3 rings (SSSR count). The number of halogens is 1. The lowest BCUT2D eigenvalue weighted by atomic mass is 9.85. The molecule has 2 aliphatic rings. The number of ketones is 1. The Morgan fingerprint density at radius 1 is 1.24 bits per heavy atom. The molecule has 4 atom stereocenters. The summed E-state index contributed by atoms with van der Waals surface area (Å²) < 4.78 is 10.9. The summed E-state index contributed by atoms with van der Waals surface area (Å²) in [4.78, 5) is 51.2. The number of fused-ring (bicyclic) bond motifs is 1. The number of ether oxygens (including phenoxy) is 2. The van der Waals surface area contributed by atoms with Gasteiger partial charge in [-0.05, 0) is 31.1 Å². The number of benzene rings is 1. The molecule has 0 spiro atoms. The number of Topliss-reactive ketones (excluding diaryl/α,β-unsaturated/α-hetero) is 1. The van der Waals surface area contributed by atoms with Crippen LogP contribution in [0, 0.1) is 5.92 Å². The topological polar surface area (TPSA) is 110 Å². The normalized spacial score (nSPS) is 24.3. The monoisotopic (exact) mass is 553 g/mol. The predicted octanol–water partition coefficient (Wildman–Crippen LogP) is 3.68. The van der Waals surface area contributed by atoms with Crippen molar-refractivity contribution in [3.8, 4) is 0 Å². The number of β-lactam (4-membered cyclic amide) rings is 1. The zero-order chi connectivity index (χ0) is 25.2. The van der Waals surface area contributed by atoms with Gasteiger partial charge < -0.3 is 19.5 Å². The van der Waals surface area contributed by atoms with Crippen molar-refractivity contribution in [2.24, 2.45) is 5.92 Å². The molecule has 2 saturated heterocycles. The minimum absolute atomic E-state index is 0.160. The fraction of sp³-hybridized carbons (Fsp3) is 0.500. The molecule has 4 unspecified atom stereocenters. The summed E-state index contributed by atoms with van der Waals surface area (Å²) in [6.45, 7) is 5.70. The van der Waals surface area contributed by atoms with Gasteiger partial charge in [-0.3, -0.25) is 9.59 Å². The average molecular weight is 554 g/mol. The average Bonchev–Trinajstić information content (AvgIpc) is 3.08. The SMILES string of the molecule is COC(=CCC1C(=O)N2C1CC(SC(C)(C)C)C2C(=O)OCC(=O)c1ccc(Br)cc1)C(=O)O. The number of methoxy groups -OCH3 is 1. The molecule has 2 heterocycles. The first-order valence-corrected chi connectivity index (χ1v) is 12.5. The van der Waals surface area contributed by atoms with Gasteiger partial charge in [0.25, 0.3) is 0 Å². The lowest BCUT2D eigenvalue weighted by molar-refractivity contribution is -0.165. The van der Waals surface area contributed by atoms with E-state index in [2.05, 4.69) is 15.9 Å². The van der Waals surface area contributed by atoms with E-state index in [4.69, 9.17) is 14.6 Å². The highest BCUT2D eigenvalue weighted by atomic mass is 79.9. The van der Waals surface area contributed by atoms with E-state index in [1.807, 2.05) is 20.8 Å². The van der Waals surface area contributed by atoms with Crippen LogP contribution >= 0.6 is 27.7 Å². The molecule has 0 aromatic heterocycles. The van der Waals surface area contributed by atoms with E-state index in [-0.39, 0.29) is 39.9 Å². The van der Waals surface area contributed by atoms with Crippen LogP contribution in [-0.2, 0) is 23.9 Å². The quantitative estimate of drug-likeness (QED) is 0.162. The van der Waals surface area contributed by atoms with Crippen molar-refractivity contribution in [3.05, 3.63) is 46.1 Å². The molecule has 0 saturated carbocycles. The molecule has 2 aliphatic heterocycles. The van der Waals surface area contributed by atoms with Crippen LogP contribution in [0.2, 0.25) is 0 Å². The zero-order valence-corrected chi connectivity index (χ0v) is 21.9. The molecule has 0 radical (unpaired) electrons. The van der Waals surface area contributed by atoms with E-state index in [1.54, 1.807) is 40.9 Å². The van der Waals surface area contributed by atoms with Gasteiger partial charge in [0.2, 0.25) is 5.91 Å². The molecule has 1 N–H and O–H groups in total. The van der Waals surface area contributed by atoms with Crippen LogP contribution in [-0.4, -0.2) is 69.4 Å². The fourth-order valence-electron chi connectivity index (χ4n) is 4.32. The molecule has 0 aliphatic carbocycles. The van der Waals surface area contributed by atoms with Crippen molar-refractivity contribution in [2.75, 3.05) is 13.7 Å². The highest BCUT2D eigenvalue weighted by Gasteiger charge is 2.60. The zero-order valence-electron chi connectivity index (χ0n) is 19.4. The van der Waals surface area contributed by atoms with E-state index in [0.717, 1.165) is 4.47 Å². The Hall–Kier alpha value is -2.33. The van der Waals surface area contributed by atoms with E-state index in [1.165, 1.54) is 13.2 Å². The fourth-order valence-corrected chi connectivity index (χ4v) is 6.16. The molecule has 1 aromatic rings. The van der Waals surface area contributed by atoms with Gasteiger partial charge in [-0.25, -0.2) is 9.59 Å². The Bertz CT molecular complexity index is 1000. The Labute approximate surface area is 211 Å². The number of hydrogen-bond acceptors (Lipinski definition) is 7. The number of carboxylic acid groups (broad SMARTS) is 1. The molecule has 1 aromatic carbocycles. The molecule has 34 heavy (non-hydrogen) atoms. The number of allylic oxidation sites excluding steroid dienone is 1. The van der Waals surface area contributed by atoms with Crippen molar-refractivity contribution < 1.29 is 33.8 Å². The van der Waals surface area contributed by atoms with Crippen LogP contribution < -0.4 is 0 Å². The van der Waals surface area contributed by atoms with Gasteiger partial charge in [0.1, 0.15) is 6.04 Å².